The smallest absolute Gasteiger partial charge is 0.337 e. The van der Waals surface area contributed by atoms with Gasteiger partial charge in [-0.2, -0.15) is 0 Å². The zero-order chi connectivity index (χ0) is 30.7. The van der Waals surface area contributed by atoms with Crippen molar-refractivity contribution < 1.29 is 38.1 Å². The number of esters is 2. The fourth-order valence-corrected chi connectivity index (χ4v) is 6.42. The van der Waals surface area contributed by atoms with E-state index >= 15 is 0 Å². The number of dihydropyridines is 1. The van der Waals surface area contributed by atoms with Gasteiger partial charge in [0, 0.05) is 36.2 Å². The molecule has 9 nitrogen and oxygen atoms in total. The highest BCUT2D eigenvalue weighted by atomic mass is 16.6. The number of ketones is 1. The maximum absolute atomic E-state index is 14.1. The first-order valence-electron chi connectivity index (χ1n) is 14.9. The van der Waals surface area contributed by atoms with Crippen molar-refractivity contribution in [2.24, 2.45) is 0 Å². The van der Waals surface area contributed by atoms with Crippen molar-refractivity contribution in [3.8, 4) is 23.0 Å². The van der Waals surface area contributed by atoms with Crippen LogP contribution in [0.3, 0.4) is 0 Å². The van der Waals surface area contributed by atoms with Gasteiger partial charge in [-0.3, -0.25) is 9.59 Å². The standard InChI is InChI=1S/C34H39NO8/c1-6-41-30-18-22(12-14-28(30)42-20(3)36)32-31(34(38)43-24-9-7-8-10-24)19(2)35-25-15-23(16-26(37)33(25)32)21-11-13-27(39-4)29(17-21)40-5/h11-14,17-18,23-24,32,35H,6-10,15-16H2,1-5H3/t23-,32-/m0/s1. The fraction of sp³-hybridized carbons (Fsp3) is 0.441. The minimum absolute atomic E-state index is 0.0563. The van der Waals surface area contributed by atoms with Crippen LogP contribution in [0.15, 0.2) is 58.9 Å². The van der Waals surface area contributed by atoms with Crippen LogP contribution in [0.25, 0.3) is 0 Å². The zero-order valence-corrected chi connectivity index (χ0v) is 25.4. The van der Waals surface area contributed by atoms with E-state index in [-0.39, 0.29) is 30.0 Å². The molecule has 0 radical (unpaired) electrons. The Kier molecular flexibility index (Phi) is 9.08. The first-order chi connectivity index (χ1) is 20.7. The third-order valence-electron chi connectivity index (χ3n) is 8.36. The van der Waals surface area contributed by atoms with Gasteiger partial charge in [-0.15, -0.1) is 0 Å². The fourth-order valence-electron chi connectivity index (χ4n) is 6.42. The second-order valence-corrected chi connectivity index (χ2v) is 11.2. The number of hydrogen-bond acceptors (Lipinski definition) is 9. The molecule has 9 heteroatoms. The lowest BCUT2D eigenvalue weighted by Crippen LogP contribution is -2.36. The van der Waals surface area contributed by atoms with Crippen LogP contribution in [0.1, 0.15) is 82.3 Å². The van der Waals surface area contributed by atoms with Gasteiger partial charge < -0.3 is 29.0 Å². The molecule has 1 aliphatic heterocycles. The van der Waals surface area contributed by atoms with Gasteiger partial charge in [-0.1, -0.05) is 12.1 Å². The summed E-state index contributed by atoms with van der Waals surface area (Å²) in [7, 11) is 3.18. The van der Waals surface area contributed by atoms with Gasteiger partial charge in [0.1, 0.15) is 6.10 Å². The predicted octanol–water partition coefficient (Wildman–Crippen LogP) is 5.88. The van der Waals surface area contributed by atoms with E-state index < -0.39 is 17.9 Å². The molecule has 0 bridgehead atoms. The number of benzene rings is 2. The Morgan fingerprint density at radius 3 is 2.26 bits per heavy atom. The normalized spacial score (nSPS) is 20.3. The Morgan fingerprint density at radius 2 is 1.58 bits per heavy atom. The molecule has 2 aliphatic carbocycles. The number of rotatable bonds is 9. The van der Waals surface area contributed by atoms with E-state index in [1.807, 2.05) is 32.0 Å². The highest BCUT2D eigenvalue weighted by molar-refractivity contribution is 6.04. The largest absolute Gasteiger partial charge is 0.493 e. The Bertz CT molecular complexity index is 1480. The van der Waals surface area contributed by atoms with Crippen LogP contribution in [-0.2, 0) is 19.1 Å². The van der Waals surface area contributed by atoms with Gasteiger partial charge in [0.05, 0.1) is 26.4 Å². The SMILES string of the molecule is CCOc1cc([C@H]2C(C(=O)OC3CCCC3)=C(C)NC3=C2C(=O)C[C@@H](c2ccc(OC)c(OC)c2)C3)ccc1OC(C)=O. The van der Waals surface area contributed by atoms with E-state index in [0.29, 0.717) is 52.7 Å². The summed E-state index contributed by atoms with van der Waals surface area (Å²) in [6, 6.07) is 10.9. The van der Waals surface area contributed by atoms with Gasteiger partial charge >= 0.3 is 11.9 Å². The Labute approximate surface area is 252 Å². The molecule has 1 heterocycles. The second-order valence-electron chi connectivity index (χ2n) is 11.2. The molecule has 43 heavy (non-hydrogen) atoms. The molecule has 1 fully saturated rings. The van der Waals surface area contributed by atoms with Gasteiger partial charge in [-0.25, -0.2) is 4.79 Å². The molecule has 2 aromatic rings. The molecule has 5 rings (SSSR count). The minimum Gasteiger partial charge on any atom is -0.493 e. The Morgan fingerprint density at radius 1 is 0.907 bits per heavy atom. The molecule has 3 aliphatic rings. The number of hydrogen-bond donors (Lipinski definition) is 1. The van der Waals surface area contributed by atoms with E-state index in [0.717, 1.165) is 36.9 Å². The van der Waals surface area contributed by atoms with E-state index in [9.17, 15) is 14.4 Å². The number of ether oxygens (including phenoxy) is 5. The lowest BCUT2D eigenvalue weighted by molar-refractivity contribution is -0.144. The second kappa shape index (κ2) is 12.9. The summed E-state index contributed by atoms with van der Waals surface area (Å²) in [5.41, 5.74) is 4.03. The monoisotopic (exact) mass is 589 g/mol. The zero-order valence-electron chi connectivity index (χ0n) is 25.4. The van der Waals surface area contributed by atoms with Gasteiger partial charge in [0.2, 0.25) is 0 Å². The molecule has 1 N–H and O–H groups in total. The molecular weight excluding hydrogens is 550 g/mol. The number of Topliss-reactive ketones (excluding diaryl/α,β-unsaturated/α-hetero) is 1. The van der Waals surface area contributed by atoms with Crippen LogP contribution < -0.4 is 24.3 Å². The lowest BCUT2D eigenvalue weighted by atomic mass is 9.71. The quantitative estimate of drug-likeness (QED) is 0.283. The predicted molar refractivity (Wildman–Crippen MR) is 159 cm³/mol. The van der Waals surface area contributed by atoms with Crippen LogP contribution in [-0.4, -0.2) is 44.7 Å². The van der Waals surface area contributed by atoms with Crippen LogP contribution in [0.4, 0.5) is 0 Å². The van der Waals surface area contributed by atoms with Crippen LogP contribution >= 0.6 is 0 Å². The van der Waals surface area contributed by atoms with Gasteiger partial charge in [0.25, 0.3) is 0 Å². The highest BCUT2D eigenvalue weighted by Crippen LogP contribution is 2.48. The van der Waals surface area contributed by atoms with Crippen molar-refractivity contribution in [1.82, 2.24) is 5.32 Å². The maximum Gasteiger partial charge on any atom is 0.337 e. The first kappa shape index (κ1) is 30.2. The summed E-state index contributed by atoms with van der Waals surface area (Å²) >= 11 is 0. The van der Waals surface area contributed by atoms with E-state index in [2.05, 4.69) is 5.32 Å². The molecule has 0 saturated heterocycles. The van der Waals surface area contributed by atoms with Crippen molar-refractivity contribution in [1.29, 1.82) is 0 Å². The molecule has 0 aromatic heterocycles. The Balaban J connectivity index is 1.57. The number of nitrogens with one attached hydrogen (secondary N) is 1. The molecule has 0 spiro atoms. The topological polar surface area (TPSA) is 109 Å². The summed E-state index contributed by atoms with van der Waals surface area (Å²) in [5, 5.41) is 3.41. The molecular formula is C34H39NO8. The van der Waals surface area contributed by atoms with Crippen LogP contribution in [0, 0.1) is 0 Å². The van der Waals surface area contributed by atoms with Crippen molar-refractivity contribution in [2.75, 3.05) is 20.8 Å². The van der Waals surface area contributed by atoms with Crippen LogP contribution in [0.5, 0.6) is 23.0 Å². The number of carbonyl (C=O) groups excluding carboxylic acids is 3. The summed E-state index contributed by atoms with van der Waals surface area (Å²) in [5.74, 6) is 0.148. The summed E-state index contributed by atoms with van der Waals surface area (Å²) in [4.78, 5) is 39.6. The van der Waals surface area contributed by atoms with E-state index in [1.54, 1.807) is 32.4 Å². The van der Waals surface area contributed by atoms with Crippen molar-refractivity contribution in [2.45, 2.75) is 77.2 Å². The van der Waals surface area contributed by atoms with E-state index in [4.69, 9.17) is 23.7 Å². The summed E-state index contributed by atoms with van der Waals surface area (Å²) in [6.07, 6.45) is 4.42. The van der Waals surface area contributed by atoms with Crippen molar-refractivity contribution in [3.05, 3.63) is 70.1 Å². The molecule has 1 saturated carbocycles. The van der Waals surface area contributed by atoms with Crippen molar-refractivity contribution >= 4 is 17.7 Å². The highest BCUT2D eigenvalue weighted by Gasteiger charge is 2.42. The minimum atomic E-state index is -0.672. The summed E-state index contributed by atoms with van der Waals surface area (Å²) in [6.45, 7) is 5.35. The molecule has 0 amide bonds. The number of carbonyl (C=O) groups is 3. The lowest BCUT2D eigenvalue weighted by Gasteiger charge is -2.37. The van der Waals surface area contributed by atoms with Gasteiger partial charge in [-0.05, 0) is 87.3 Å². The van der Waals surface area contributed by atoms with E-state index in [1.165, 1.54) is 6.92 Å². The average Bonchev–Trinajstić information content (AvgIpc) is 3.49. The maximum atomic E-state index is 14.1. The van der Waals surface area contributed by atoms with Crippen LogP contribution in [0.2, 0.25) is 0 Å². The third-order valence-corrected chi connectivity index (χ3v) is 8.36. The first-order valence-corrected chi connectivity index (χ1v) is 14.9. The third kappa shape index (κ3) is 6.26. The Hall–Kier alpha value is -4.27. The molecule has 2 atom stereocenters. The van der Waals surface area contributed by atoms with Gasteiger partial charge in [0.15, 0.2) is 28.8 Å². The number of methoxy groups -OCH3 is 2. The number of allylic oxidation sites excluding steroid dienone is 3. The molecule has 0 unspecified atom stereocenters. The molecule has 228 valence electrons. The van der Waals surface area contributed by atoms with Crippen molar-refractivity contribution in [3.63, 3.8) is 0 Å². The summed E-state index contributed by atoms with van der Waals surface area (Å²) < 4.78 is 28.1. The average molecular weight is 590 g/mol. The molecule has 2 aromatic carbocycles.